The fraction of sp³-hybridized carbons (Fsp3) is 0.261. The Hall–Kier alpha value is -3.10. The van der Waals surface area contributed by atoms with E-state index in [9.17, 15) is 14.0 Å². The Morgan fingerprint density at radius 1 is 1.13 bits per heavy atom. The van der Waals surface area contributed by atoms with Crippen molar-refractivity contribution in [1.29, 1.82) is 0 Å². The third kappa shape index (κ3) is 5.53. The molecule has 1 aliphatic heterocycles. The van der Waals surface area contributed by atoms with Gasteiger partial charge in [0.2, 0.25) is 0 Å². The molecule has 1 aromatic heterocycles. The lowest BCUT2D eigenvalue weighted by Gasteiger charge is -2.11. The van der Waals surface area contributed by atoms with Crippen molar-refractivity contribution in [3.8, 4) is 0 Å². The Kier molecular flexibility index (Phi) is 6.69. The lowest BCUT2D eigenvalue weighted by Crippen LogP contribution is -2.31. The third-order valence-electron chi connectivity index (χ3n) is 5.03. The van der Waals surface area contributed by atoms with Crippen molar-refractivity contribution in [3.05, 3.63) is 87.4 Å². The Labute approximate surface area is 183 Å². The number of halogens is 1. The summed E-state index contributed by atoms with van der Waals surface area (Å²) in [6.45, 7) is 1.80. The predicted molar refractivity (Wildman–Crippen MR) is 115 cm³/mol. The predicted octanol–water partition coefficient (Wildman–Crippen LogP) is 3.39. The molecule has 8 heteroatoms. The van der Waals surface area contributed by atoms with Crippen LogP contribution in [0.2, 0.25) is 0 Å². The molecule has 0 bridgehead atoms. The molecule has 1 aliphatic rings. The lowest BCUT2D eigenvalue weighted by atomic mass is 10.1. The largest absolute Gasteiger partial charge is 0.376 e. The number of carbonyl (C=O) groups is 2. The molecule has 0 aliphatic carbocycles. The highest BCUT2D eigenvalue weighted by Crippen LogP contribution is 2.11. The van der Waals surface area contributed by atoms with Gasteiger partial charge in [-0.15, -0.1) is 11.3 Å². The van der Waals surface area contributed by atoms with Crippen LogP contribution in [0.15, 0.2) is 65.1 Å². The molecule has 3 aromatic rings. The van der Waals surface area contributed by atoms with Crippen LogP contribution in [0.25, 0.3) is 0 Å². The smallest absolute Gasteiger partial charge is 0.279 e. The Morgan fingerprint density at radius 3 is 2.58 bits per heavy atom. The number of rotatable bonds is 6. The van der Waals surface area contributed by atoms with Gasteiger partial charge in [0.15, 0.2) is 4.80 Å². The molecule has 6 nitrogen and oxygen atoms in total. The molecule has 31 heavy (non-hydrogen) atoms. The first-order chi connectivity index (χ1) is 15.1. The molecule has 0 spiro atoms. The van der Waals surface area contributed by atoms with Gasteiger partial charge in [-0.25, -0.2) is 4.39 Å². The Bertz CT molecular complexity index is 1110. The molecule has 0 saturated carbocycles. The number of ether oxygens (including phenoxy) is 1. The number of hydrogen-bond acceptors (Lipinski definition) is 4. The third-order valence-corrected chi connectivity index (χ3v) is 5.83. The minimum Gasteiger partial charge on any atom is -0.376 e. The fourth-order valence-electron chi connectivity index (χ4n) is 3.32. The number of aromatic nitrogens is 1. The summed E-state index contributed by atoms with van der Waals surface area (Å²) in [5, 5.41) is 4.76. The van der Waals surface area contributed by atoms with Crippen LogP contribution < -0.4 is 10.1 Å². The number of amides is 2. The molecular formula is C23H22FN3O3S. The quantitative estimate of drug-likeness (QED) is 0.640. The van der Waals surface area contributed by atoms with Gasteiger partial charge in [0, 0.05) is 42.4 Å². The monoisotopic (exact) mass is 439 g/mol. The Balaban J connectivity index is 1.40. The van der Waals surface area contributed by atoms with E-state index in [1.165, 1.54) is 35.6 Å². The van der Waals surface area contributed by atoms with E-state index < -0.39 is 11.7 Å². The first kappa shape index (κ1) is 21.1. The first-order valence-electron chi connectivity index (χ1n) is 10.1. The van der Waals surface area contributed by atoms with Crippen LogP contribution in [0.5, 0.6) is 0 Å². The maximum absolute atomic E-state index is 13.1. The molecule has 4 rings (SSSR count). The van der Waals surface area contributed by atoms with Crippen LogP contribution in [-0.4, -0.2) is 35.6 Å². The Morgan fingerprint density at radius 2 is 1.87 bits per heavy atom. The number of carbonyl (C=O) groups excluding carboxylic acids is 2. The zero-order valence-corrected chi connectivity index (χ0v) is 17.6. The van der Waals surface area contributed by atoms with E-state index in [0.29, 0.717) is 29.0 Å². The summed E-state index contributed by atoms with van der Waals surface area (Å²) in [5.74, 6) is -0.938. The molecule has 0 radical (unpaired) electrons. The van der Waals surface area contributed by atoms with E-state index in [0.717, 1.165) is 25.0 Å². The van der Waals surface area contributed by atoms with E-state index in [1.807, 2.05) is 28.3 Å². The number of nitrogens with zero attached hydrogens (tertiary/aromatic N) is 2. The standard InChI is InChI=1S/C23H22FN3O3S/c24-19-9-7-18(8-10-19)22(29)26-23-27(11-13-31-23)15-16-3-5-17(6-4-16)21(28)25-14-20-2-1-12-30-20/h3-11,13,20H,1-2,12,14-15H2,(H,25,28)/t20-/m0/s1. The zero-order valence-electron chi connectivity index (χ0n) is 16.8. The van der Waals surface area contributed by atoms with Crippen LogP contribution in [0.1, 0.15) is 39.1 Å². The molecule has 0 unspecified atom stereocenters. The van der Waals surface area contributed by atoms with Gasteiger partial charge in [-0.3, -0.25) is 9.59 Å². The topological polar surface area (TPSA) is 72.7 Å². The zero-order chi connectivity index (χ0) is 21.6. The van der Waals surface area contributed by atoms with Gasteiger partial charge < -0.3 is 14.6 Å². The van der Waals surface area contributed by atoms with E-state index in [2.05, 4.69) is 10.3 Å². The van der Waals surface area contributed by atoms with Crippen molar-refractivity contribution in [2.24, 2.45) is 4.99 Å². The normalized spacial score (nSPS) is 16.4. The summed E-state index contributed by atoms with van der Waals surface area (Å²) in [6.07, 6.45) is 3.98. The van der Waals surface area contributed by atoms with Gasteiger partial charge in [-0.2, -0.15) is 4.99 Å². The van der Waals surface area contributed by atoms with E-state index in [1.54, 1.807) is 12.1 Å². The molecule has 2 heterocycles. The second kappa shape index (κ2) is 9.80. The number of nitrogens with one attached hydrogen (secondary N) is 1. The van der Waals surface area contributed by atoms with Crippen molar-refractivity contribution >= 4 is 23.2 Å². The summed E-state index contributed by atoms with van der Waals surface area (Å²) in [6, 6.07) is 12.7. The molecular weight excluding hydrogens is 417 g/mol. The van der Waals surface area contributed by atoms with Crippen molar-refractivity contribution in [3.63, 3.8) is 0 Å². The van der Waals surface area contributed by atoms with Gasteiger partial charge in [0.1, 0.15) is 5.82 Å². The van der Waals surface area contributed by atoms with E-state index in [4.69, 9.17) is 4.74 Å². The molecule has 1 saturated heterocycles. The number of thiazole rings is 1. The summed E-state index contributed by atoms with van der Waals surface area (Å²) in [4.78, 5) is 29.4. The summed E-state index contributed by atoms with van der Waals surface area (Å²) in [7, 11) is 0. The second-order valence-electron chi connectivity index (χ2n) is 7.28. The van der Waals surface area contributed by atoms with E-state index in [-0.39, 0.29) is 12.0 Å². The maximum Gasteiger partial charge on any atom is 0.279 e. The van der Waals surface area contributed by atoms with Crippen LogP contribution in [0, 0.1) is 5.82 Å². The van der Waals surface area contributed by atoms with Gasteiger partial charge >= 0.3 is 0 Å². The molecule has 2 amide bonds. The van der Waals surface area contributed by atoms with Crippen LogP contribution >= 0.6 is 11.3 Å². The van der Waals surface area contributed by atoms with Crippen molar-refractivity contribution in [1.82, 2.24) is 9.88 Å². The van der Waals surface area contributed by atoms with Gasteiger partial charge in [0.25, 0.3) is 11.8 Å². The fourth-order valence-corrected chi connectivity index (χ4v) is 4.05. The van der Waals surface area contributed by atoms with Gasteiger partial charge in [0.05, 0.1) is 6.10 Å². The average Bonchev–Trinajstić information content (AvgIpc) is 3.45. The van der Waals surface area contributed by atoms with Crippen LogP contribution in [-0.2, 0) is 11.3 Å². The minimum absolute atomic E-state index is 0.109. The van der Waals surface area contributed by atoms with Gasteiger partial charge in [-0.1, -0.05) is 12.1 Å². The molecule has 1 fully saturated rings. The van der Waals surface area contributed by atoms with Crippen LogP contribution in [0.3, 0.4) is 0 Å². The van der Waals surface area contributed by atoms with Crippen molar-refractivity contribution < 1.29 is 18.7 Å². The van der Waals surface area contributed by atoms with Crippen molar-refractivity contribution in [2.45, 2.75) is 25.5 Å². The van der Waals surface area contributed by atoms with Crippen LogP contribution in [0.4, 0.5) is 4.39 Å². The highest BCUT2D eigenvalue weighted by molar-refractivity contribution is 7.07. The first-order valence-corrected chi connectivity index (χ1v) is 10.9. The number of benzene rings is 2. The maximum atomic E-state index is 13.1. The summed E-state index contributed by atoms with van der Waals surface area (Å²) >= 11 is 1.35. The SMILES string of the molecule is O=C(N=c1sccn1Cc1ccc(C(=O)NC[C@@H]2CCCO2)cc1)c1ccc(F)cc1. The summed E-state index contributed by atoms with van der Waals surface area (Å²) in [5.41, 5.74) is 1.90. The second-order valence-corrected chi connectivity index (χ2v) is 8.15. The molecule has 1 atom stereocenters. The average molecular weight is 440 g/mol. The summed E-state index contributed by atoms with van der Waals surface area (Å²) < 4.78 is 20.4. The van der Waals surface area contributed by atoms with Gasteiger partial charge in [-0.05, 0) is 54.8 Å². The number of hydrogen-bond donors (Lipinski definition) is 1. The van der Waals surface area contributed by atoms with Crippen molar-refractivity contribution in [2.75, 3.05) is 13.2 Å². The molecule has 160 valence electrons. The lowest BCUT2D eigenvalue weighted by molar-refractivity contribution is 0.0857. The highest BCUT2D eigenvalue weighted by Gasteiger charge is 2.16. The molecule has 1 N–H and O–H groups in total. The van der Waals surface area contributed by atoms with E-state index >= 15 is 0 Å². The highest BCUT2D eigenvalue weighted by atomic mass is 32.1. The molecule has 2 aromatic carbocycles. The minimum atomic E-state index is -0.422.